The highest BCUT2D eigenvalue weighted by atomic mass is 19.1. The van der Waals surface area contributed by atoms with Crippen molar-refractivity contribution in [1.82, 2.24) is 5.06 Å². The van der Waals surface area contributed by atoms with Crippen molar-refractivity contribution in [2.75, 3.05) is 14.2 Å². The van der Waals surface area contributed by atoms with E-state index in [1.54, 1.807) is 13.0 Å². The molecule has 0 bridgehead atoms. The number of nitrogens with zero attached hydrogens (tertiary/aromatic N) is 1. The summed E-state index contributed by atoms with van der Waals surface area (Å²) in [5.74, 6) is -0.179. The van der Waals surface area contributed by atoms with Crippen molar-refractivity contribution in [1.29, 1.82) is 0 Å². The van der Waals surface area contributed by atoms with E-state index >= 15 is 0 Å². The first-order chi connectivity index (χ1) is 6.54. The molecule has 0 spiro atoms. The summed E-state index contributed by atoms with van der Waals surface area (Å²) in [6.45, 7) is 2.14. The monoisotopic (exact) mass is 199 g/mol. The van der Waals surface area contributed by atoms with E-state index in [4.69, 9.17) is 9.94 Å². The van der Waals surface area contributed by atoms with Crippen LogP contribution in [0.3, 0.4) is 0 Å². The predicted octanol–water partition coefficient (Wildman–Crippen LogP) is 1.96. The first-order valence-electron chi connectivity index (χ1n) is 4.27. The number of hydrogen-bond acceptors (Lipinski definition) is 3. The summed E-state index contributed by atoms with van der Waals surface area (Å²) < 4.78 is 18.0. The fourth-order valence-corrected chi connectivity index (χ4v) is 1.27. The Morgan fingerprint density at radius 2 is 2.14 bits per heavy atom. The van der Waals surface area contributed by atoms with Gasteiger partial charge < -0.3 is 9.94 Å². The molecular weight excluding hydrogens is 185 g/mol. The third-order valence-corrected chi connectivity index (χ3v) is 2.01. The summed E-state index contributed by atoms with van der Waals surface area (Å²) >= 11 is 0. The van der Waals surface area contributed by atoms with Crippen LogP contribution in [-0.4, -0.2) is 24.4 Å². The van der Waals surface area contributed by atoms with Gasteiger partial charge in [0.15, 0.2) is 11.6 Å². The smallest absolute Gasteiger partial charge is 0.165 e. The van der Waals surface area contributed by atoms with Crippen LogP contribution in [0.4, 0.5) is 4.39 Å². The highest BCUT2D eigenvalue weighted by Gasteiger charge is 2.08. The van der Waals surface area contributed by atoms with Crippen LogP contribution < -0.4 is 4.74 Å². The first kappa shape index (κ1) is 10.9. The standard InChI is InChI=1S/C10H14FNO2/c1-7-4-9(11)10(14-3)5-8(7)6-12(2)13/h4-5,13H,6H2,1-3H3. The van der Waals surface area contributed by atoms with Gasteiger partial charge in [0, 0.05) is 13.6 Å². The summed E-state index contributed by atoms with van der Waals surface area (Å²) in [4.78, 5) is 0. The zero-order chi connectivity index (χ0) is 10.7. The van der Waals surface area contributed by atoms with Crippen LogP contribution in [0, 0.1) is 12.7 Å². The van der Waals surface area contributed by atoms with Crippen LogP contribution >= 0.6 is 0 Å². The molecule has 0 radical (unpaired) electrons. The van der Waals surface area contributed by atoms with E-state index in [1.807, 2.05) is 0 Å². The van der Waals surface area contributed by atoms with E-state index in [1.165, 1.54) is 20.2 Å². The molecule has 0 amide bonds. The van der Waals surface area contributed by atoms with Crippen molar-refractivity contribution < 1.29 is 14.3 Å². The summed E-state index contributed by atoms with van der Waals surface area (Å²) in [5.41, 5.74) is 1.64. The molecule has 1 N–H and O–H groups in total. The van der Waals surface area contributed by atoms with E-state index in [0.29, 0.717) is 6.54 Å². The van der Waals surface area contributed by atoms with Crippen molar-refractivity contribution in [3.05, 3.63) is 29.1 Å². The molecule has 0 aliphatic heterocycles. The number of methoxy groups -OCH3 is 1. The van der Waals surface area contributed by atoms with Gasteiger partial charge >= 0.3 is 0 Å². The molecule has 0 saturated carbocycles. The summed E-state index contributed by atoms with van der Waals surface area (Å²) in [7, 11) is 2.95. The van der Waals surface area contributed by atoms with Crippen LogP contribution in [0.25, 0.3) is 0 Å². The molecule has 0 aliphatic rings. The Labute approximate surface area is 82.7 Å². The van der Waals surface area contributed by atoms with Crippen molar-refractivity contribution in [3.8, 4) is 5.75 Å². The lowest BCUT2D eigenvalue weighted by Gasteiger charge is -2.12. The lowest BCUT2D eigenvalue weighted by atomic mass is 10.1. The number of benzene rings is 1. The SMILES string of the molecule is COc1cc(CN(C)O)c(C)cc1F. The Morgan fingerprint density at radius 3 is 2.64 bits per heavy atom. The summed E-state index contributed by atoms with van der Waals surface area (Å²) in [6.07, 6.45) is 0. The molecule has 78 valence electrons. The van der Waals surface area contributed by atoms with Crippen molar-refractivity contribution in [2.45, 2.75) is 13.5 Å². The van der Waals surface area contributed by atoms with Crippen molar-refractivity contribution in [2.24, 2.45) is 0 Å². The minimum atomic E-state index is -0.380. The van der Waals surface area contributed by atoms with Gasteiger partial charge in [-0.3, -0.25) is 0 Å². The highest BCUT2D eigenvalue weighted by Crippen LogP contribution is 2.22. The molecule has 0 atom stereocenters. The normalized spacial score (nSPS) is 10.7. The van der Waals surface area contributed by atoms with E-state index < -0.39 is 0 Å². The topological polar surface area (TPSA) is 32.7 Å². The zero-order valence-corrected chi connectivity index (χ0v) is 8.54. The molecule has 4 heteroatoms. The van der Waals surface area contributed by atoms with Crippen LogP contribution in [0.5, 0.6) is 5.75 Å². The Hall–Kier alpha value is -1.13. The van der Waals surface area contributed by atoms with Crippen molar-refractivity contribution >= 4 is 0 Å². The lowest BCUT2D eigenvalue weighted by molar-refractivity contribution is -0.0733. The molecule has 0 aliphatic carbocycles. The zero-order valence-electron chi connectivity index (χ0n) is 8.54. The maximum atomic E-state index is 13.2. The quantitative estimate of drug-likeness (QED) is 0.755. The number of hydroxylamine groups is 2. The second-order valence-corrected chi connectivity index (χ2v) is 3.23. The minimum Gasteiger partial charge on any atom is -0.494 e. The molecule has 1 rings (SSSR count). The number of ether oxygens (including phenoxy) is 1. The average Bonchev–Trinajstić information content (AvgIpc) is 2.09. The molecule has 0 aromatic heterocycles. The predicted molar refractivity (Wildman–Crippen MR) is 50.9 cm³/mol. The third-order valence-electron chi connectivity index (χ3n) is 2.01. The number of hydrogen-bond donors (Lipinski definition) is 1. The molecule has 1 aromatic rings. The maximum absolute atomic E-state index is 13.2. The van der Waals surface area contributed by atoms with Crippen LogP contribution in [0.1, 0.15) is 11.1 Å². The van der Waals surface area contributed by atoms with Gasteiger partial charge in [-0.2, -0.15) is 5.06 Å². The van der Waals surface area contributed by atoms with Gasteiger partial charge in [-0.15, -0.1) is 0 Å². The Bertz CT molecular complexity index is 326. The van der Waals surface area contributed by atoms with Crippen LogP contribution in [-0.2, 0) is 6.54 Å². The van der Waals surface area contributed by atoms with E-state index in [2.05, 4.69) is 0 Å². The third kappa shape index (κ3) is 2.43. The molecular formula is C10H14FNO2. The average molecular weight is 199 g/mol. The first-order valence-corrected chi connectivity index (χ1v) is 4.27. The fourth-order valence-electron chi connectivity index (χ4n) is 1.27. The van der Waals surface area contributed by atoms with Crippen LogP contribution in [0.15, 0.2) is 12.1 Å². The van der Waals surface area contributed by atoms with Crippen LogP contribution in [0.2, 0.25) is 0 Å². The van der Waals surface area contributed by atoms with E-state index in [9.17, 15) is 4.39 Å². The molecule has 14 heavy (non-hydrogen) atoms. The number of aryl methyl sites for hydroxylation is 1. The van der Waals surface area contributed by atoms with Gasteiger partial charge in [-0.05, 0) is 30.2 Å². The summed E-state index contributed by atoms with van der Waals surface area (Å²) in [5, 5.41) is 10.1. The van der Waals surface area contributed by atoms with Gasteiger partial charge in [0.05, 0.1) is 7.11 Å². The van der Waals surface area contributed by atoms with Gasteiger partial charge in [0.1, 0.15) is 0 Å². The second-order valence-electron chi connectivity index (χ2n) is 3.23. The van der Waals surface area contributed by atoms with Crippen molar-refractivity contribution in [3.63, 3.8) is 0 Å². The Kier molecular flexibility index (Phi) is 3.43. The molecule has 0 unspecified atom stereocenters. The second kappa shape index (κ2) is 4.39. The molecule has 0 saturated heterocycles. The fraction of sp³-hybridized carbons (Fsp3) is 0.400. The molecule has 3 nitrogen and oxygen atoms in total. The minimum absolute atomic E-state index is 0.201. The summed E-state index contributed by atoms with van der Waals surface area (Å²) in [6, 6.07) is 3.00. The molecule has 0 heterocycles. The van der Waals surface area contributed by atoms with Gasteiger partial charge in [0.25, 0.3) is 0 Å². The molecule has 0 fully saturated rings. The Morgan fingerprint density at radius 1 is 1.50 bits per heavy atom. The largest absolute Gasteiger partial charge is 0.494 e. The van der Waals surface area contributed by atoms with E-state index in [-0.39, 0.29) is 11.6 Å². The number of rotatable bonds is 3. The van der Waals surface area contributed by atoms with Gasteiger partial charge in [-0.25, -0.2) is 4.39 Å². The number of halogens is 1. The molecule has 1 aromatic carbocycles. The van der Waals surface area contributed by atoms with Gasteiger partial charge in [0.2, 0.25) is 0 Å². The Balaban J connectivity index is 3.04. The van der Waals surface area contributed by atoms with E-state index in [0.717, 1.165) is 16.2 Å². The lowest BCUT2D eigenvalue weighted by Crippen LogP contribution is -2.12. The maximum Gasteiger partial charge on any atom is 0.165 e. The van der Waals surface area contributed by atoms with Gasteiger partial charge in [-0.1, -0.05) is 0 Å². The highest BCUT2D eigenvalue weighted by molar-refractivity contribution is 5.36.